The maximum Gasteiger partial charge on any atom is 0.303 e. The molecule has 2 N–H and O–H groups in total. The zero-order chi connectivity index (χ0) is 16.7. The summed E-state index contributed by atoms with van der Waals surface area (Å²) in [5.74, 6) is 0.568. The Balaban J connectivity index is 1.93. The van der Waals surface area contributed by atoms with Gasteiger partial charge in [-0.2, -0.15) is 0 Å². The van der Waals surface area contributed by atoms with E-state index in [1.165, 1.54) is 0 Å². The molecule has 0 aliphatic heterocycles. The number of rotatable bonds is 8. The summed E-state index contributed by atoms with van der Waals surface area (Å²) < 4.78 is 10.6. The number of carbonyl (C=O) groups is 1. The quantitative estimate of drug-likeness (QED) is 0.732. The van der Waals surface area contributed by atoms with Crippen molar-refractivity contribution in [3.63, 3.8) is 0 Å². The third kappa shape index (κ3) is 5.00. The summed E-state index contributed by atoms with van der Waals surface area (Å²) in [4.78, 5) is 10.4. The number of aliphatic hydroxyl groups is 1. The van der Waals surface area contributed by atoms with Gasteiger partial charge in [0.2, 0.25) is 0 Å². The van der Waals surface area contributed by atoms with Crippen LogP contribution in [0, 0.1) is 0 Å². The highest BCUT2D eigenvalue weighted by Gasteiger charge is 2.10. The van der Waals surface area contributed by atoms with E-state index in [9.17, 15) is 9.90 Å². The van der Waals surface area contributed by atoms with Crippen LogP contribution in [0.25, 0.3) is 0 Å². The molecule has 0 saturated heterocycles. The van der Waals surface area contributed by atoms with Crippen molar-refractivity contribution in [3.8, 4) is 11.5 Å². The van der Waals surface area contributed by atoms with Gasteiger partial charge in [-0.3, -0.25) is 4.79 Å². The highest BCUT2D eigenvalue weighted by Crippen LogP contribution is 2.25. The minimum atomic E-state index is -0.827. The number of methoxy groups -OCH3 is 1. The second-order valence-electron chi connectivity index (χ2n) is 5.09. The fourth-order valence-corrected chi connectivity index (χ4v) is 2.14. The predicted molar refractivity (Wildman–Crippen MR) is 85.9 cm³/mol. The van der Waals surface area contributed by atoms with Crippen molar-refractivity contribution in [2.24, 2.45) is 0 Å². The topological polar surface area (TPSA) is 76.0 Å². The van der Waals surface area contributed by atoms with Crippen LogP contribution in [0.5, 0.6) is 11.5 Å². The fourth-order valence-electron chi connectivity index (χ4n) is 2.14. The van der Waals surface area contributed by atoms with Crippen LogP contribution in [0.1, 0.15) is 30.1 Å². The molecule has 5 nitrogen and oxygen atoms in total. The smallest absolute Gasteiger partial charge is 0.303 e. The normalized spacial score (nSPS) is 11.7. The van der Waals surface area contributed by atoms with Gasteiger partial charge in [-0.1, -0.05) is 24.3 Å². The summed E-state index contributed by atoms with van der Waals surface area (Å²) in [6.07, 6.45) is -0.165. The first-order valence-corrected chi connectivity index (χ1v) is 7.36. The van der Waals surface area contributed by atoms with E-state index in [2.05, 4.69) is 0 Å². The molecule has 2 rings (SSSR count). The van der Waals surface area contributed by atoms with Crippen molar-refractivity contribution in [1.29, 1.82) is 0 Å². The van der Waals surface area contributed by atoms with Crippen LogP contribution in [0.4, 0.5) is 0 Å². The van der Waals surface area contributed by atoms with E-state index >= 15 is 0 Å². The second-order valence-corrected chi connectivity index (χ2v) is 5.09. The molecular formula is C18H20O5. The Kier molecular flexibility index (Phi) is 6.00. The van der Waals surface area contributed by atoms with Gasteiger partial charge < -0.3 is 19.7 Å². The molecule has 0 bridgehead atoms. The van der Waals surface area contributed by atoms with E-state index in [1.807, 2.05) is 12.1 Å². The van der Waals surface area contributed by atoms with Crippen molar-refractivity contribution >= 4 is 5.97 Å². The molecular weight excluding hydrogens is 296 g/mol. The standard InChI is InChI=1S/C18H20O5/c1-22-15-8-4-13(5-9-15)18(21)14-6-10-16(11-7-14)23-12-2-3-17(19)20/h4-11,18,21H,2-3,12H2,1H3,(H,19,20). The Labute approximate surface area is 135 Å². The largest absolute Gasteiger partial charge is 0.497 e. The van der Waals surface area contributed by atoms with Gasteiger partial charge in [0.05, 0.1) is 13.7 Å². The number of aliphatic carboxylic acids is 1. The van der Waals surface area contributed by atoms with Crippen LogP contribution in [0.2, 0.25) is 0 Å². The lowest BCUT2D eigenvalue weighted by Crippen LogP contribution is -2.03. The summed E-state index contributed by atoms with van der Waals surface area (Å²) in [6.45, 7) is 0.354. The van der Waals surface area contributed by atoms with Gasteiger partial charge in [-0.15, -0.1) is 0 Å². The Morgan fingerprint density at radius 3 is 2.00 bits per heavy atom. The van der Waals surface area contributed by atoms with Crippen LogP contribution < -0.4 is 9.47 Å². The molecule has 0 aliphatic carbocycles. The number of benzene rings is 2. The summed E-state index contributed by atoms with van der Waals surface area (Å²) >= 11 is 0. The van der Waals surface area contributed by atoms with Crippen molar-refractivity contribution in [2.75, 3.05) is 13.7 Å². The highest BCUT2D eigenvalue weighted by atomic mass is 16.5. The Hall–Kier alpha value is -2.53. The van der Waals surface area contributed by atoms with E-state index < -0.39 is 12.1 Å². The lowest BCUT2D eigenvalue weighted by Gasteiger charge is -2.13. The number of carboxylic acids is 1. The first kappa shape index (κ1) is 16.8. The molecule has 0 spiro atoms. The number of hydrogen-bond donors (Lipinski definition) is 2. The zero-order valence-electron chi connectivity index (χ0n) is 12.9. The number of aliphatic hydroxyl groups excluding tert-OH is 1. The lowest BCUT2D eigenvalue weighted by atomic mass is 10.0. The van der Waals surface area contributed by atoms with Gasteiger partial charge in [0.15, 0.2) is 0 Å². The zero-order valence-corrected chi connectivity index (χ0v) is 12.9. The highest BCUT2D eigenvalue weighted by molar-refractivity contribution is 5.66. The third-order valence-corrected chi connectivity index (χ3v) is 3.43. The van der Waals surface area contributed by atoms with Crippen LogP contribution in [0.15, 0.2) is 48.5 Å². The van der Waals surface area contributed by atoms with Crippen LogP contribution >= 0.6 is 0 Å². The average Bonchev–Trinajstić information content (AvgIpc) is 2.58. The van der Waals surface area contributed by atoms with Crippen LogP contribution in [-0.4, -0.2) is 29.9 Å². The third-order valence-electron chi connectivity index (χ3n) is 3.43. The molecule has 1 unspecified atom stereocenters. The van der Waals surface area contributed by atoms with Crippen molar-refractivity contribution in [3.05, 3.63) is 59.7 Å². The SMILES string of the molecule is COc1ccc(C(O)c2ccc(OCCCC(=O)O)cc2)cc1. The van der Waals surface area contributed by atoms with Gasteiger partial charge in [0.1, 0.15) is 17.6 Å². The first-order chi connectivity index (χ1) is 11.1. The maximum atomic E-state index is 10.4. The van der Waals surface area contributed by atoms with Crippen LogP contribution in [0.3, 0.4) is 0 Å². The Bertz CT molecular complexity index is 619. The van der Waals surface area contributed by atoms with E-state index in [1.54, 1.807) is 43.5 Å². The van der Waals surface area contributed by atoms with E-state index in [-0.39, 0.29) is 6.42 Å². The minimum Gasteiger partial charge on any atom is -0.497 e. The second kappa shape index (κ2) is 8.19. The molecule has 0 amide bonds. The molecule has 0 fully saturated rings. The van der Waals surface area contributed by atoms with Crippen LogP contribution in [-0.2, 0) is 4.79 Å². The Morgan fingerprint density at radius 2 is 1.52 bits per heavy atom. The van der Waals surface area contributed by atoms with Gasteiger partial charge >= 0.3 is 5.97 Å². The van der Waals surface area contributed by atoms with E-state index in [0.717, 1.165) is 16.9 Å². The molecule has 0 heterocycles. The lowest BCUT2D eigenvalue weighted by molar-refractivity contribution is -0.137. The average molecular weight is 316 g/mol. The summed E-state index contributed by atoms with van der Waals surface area (Å²) in [5.41, 5.74) is 1.54. The van der Waals surface area contributed by atoms with Crippen molar-refractivity contribution < 1.29 is 24.5 Å². The summed E-state index contributed by atoms with van der Waals surface area (Å²) in [6, 6.07) is 14.4. The molecule has 122 valence electrons. The van der Waals surface area contributed by atoms with Gasteiger partial charge in [-0.05, 0) is 41.8 Å². The van der Waals surface area contributed by atoms with Crippen molar-refractivity contribution in [2.45, 2.75) is 18.9 Å². The number of hydrogen-bond acceptors (Lipinski definition) is 4. The molecule has 23 heavy (non-hydrogen) atoms. The van der Waals surface area contributed by atoms with Gasteiger partial charge in [-0.25, -0.2) is 0 Å². The molecule has 0 aliphatic rings. The molecule has 0 saturated carbocycles. The molecule has 2 aromatic rings. The van der Waals surface area contributed by atoms with E-state index in [0.29, 0.717) is 18.8 Å². The number of carboxylic acid groups (broad SMARTS) is 1. The molecule has 5 heteroatoms. The predicted octanol–water partition coefficient (Wildman–Crippen LogP) is 3.02. The molecule has 0 aromatic heterocycles. The molecule has 0 radical (unpaired) electrons. The summed E-state index contributed by atoms with van der Waals surface area (Å²) in [5, 5.41) is 18.9. The monoisotopic (exact) mass is 316 g/mol. The van der Waals surface area contributed by atoms with Gasteiger partial charge in [0, 0.05) is 6.42 Å². The summed E-state index contributed by atoms with van der Waals surface area (Å²) in [7, 11) is 1.60. The molecule has 1 atom stereocenters. The molecule has 2 aromatic carbocycles. The minimum absolute atomic E-state index is 0.0915. The fraction of sp³-hybridized carbons (Fsp3) is 0.278. The maximum absolute atomic E-state index is 10.4. The van der Waals surface area contributed by atoms with Crippen molar-refractivity contribution in [1.82, 2.24) is 0 Å². The van der Waals surface area contributed by atoms with E-state index in [4.69, 9.17) is 14.6 Å². The Morgan fingerprint density at radius 1 is 1.00 bits per heavy atom. The van der Waals surface area contributed by atoms with Gasteiger partial charge in [0.25, 0.3) is 0 Å². The first-order valence-electron chi connectivity index (χ1n) is 7.36. The number of ether oxygens (including phenoxy) is 2.